The summed E-state index contributed by atoms with van der Waals surface area (Å²) in [7, 11) is 1.80. The Bertz CT molecular complexity index is 185. The van der Waals surface area contributed by atoms with Gasteiger partial charge in [-0.2, -0.15) is 0 Å². The van der Waals surface area contributed by atoms with Gasteiger partial charge in [0.2, 0.25) is 0 Å². The summed E-state index contributed by atoms with van der Waals surface area (Å²) >= 11 is 0. The Morgan fingerprint density at radius 1 is 1.20 bits per heavy atom. The number of anilines is 1. The van der Waals surface area contributed by atoms with Crippen LogP contribution in [0.2, 0.25) is 0 Å². The van der Waals surface area contributed by atoms with Crippen molar-refractivity contribution >= 4 is 18.1 Å². The maximum atomic E-state index is 12.2. The molecule has 0 fully saturated rings. The van der Waals surface area contributed by atoms with Crippen molar-refractivity contribution in [1.82, 2.24) is 0 Å². The summed E-state index contributed by atoms with van der Waals surface area (Å²) in [6.07, 6.45) is 0. The Morgan fingerprint density at radius 2 is 1.70 bits per heavy atom. The zero-order valence-electron chi connectivity index (χ0n) is 5.60. The van der Waals surface area contributed by atoms with Gasteiger partial charge in [0.25, 0.3) is 0 Å². The molecule has 0 aromatic heterocycles. The molecular weight excluding hydrogens is 153 g/mol. The van der Waals surface area contributed by atoms with Crippen molar-refractivity contribution in [3.63, 3.8) is 0 Å². The van der Waals surface area contributed by atoms with Crippen molar-refractivity contribution < 1.29 is 4.39 Å². The Balaban J connectivity index is 0.000000810. The molecule has 0 saturated heterocycles. The van der Waals surface area contributed by atoms with Crippen molar-refractivity contribution in [3.8, 4) is 0 Å². The normalized spacial score (nSPS) is 8.20. The summed E-state index contributed by atoms with van der Waals surface area (Å²) in [5, 5.41) is 2.89. The molecular formula is C7H9ClFN. The minimum atomic E-state index is -0.200. The lowest BCUT2D eigenvalue weighted by Gasteiger charge is -1.95. The minimum absolute atomic E-state index is 0. The van der Waals surface area contributed by atoms with E-state index in [1.807, 2.05) is 0 Å². The molecule has 0 aliphatic rings. The summed E-state index contributed by atoms with van der Waals surface area (Å²) in [5.41, 5.74) is 0.927. The summed E-state index contributed by atoms with van der Waals surface area (Å²) in [6.45, 7) is 0. The number of benzene rings is 1. The summed E-state index contributed by atoms with van der Waals surface area (Å²) < 4.78 is 12.2. The molecule has 1 N–H and O–H groups in total. The van der Waals surface area contributed by atoms with E-state index >= 15 is 0 Å². The second-order valence-corrected chi connectivity index (χ2v) is 1.76. The number of nitrogens with one attached hydrogen (secondary N) is 1. The van der Waals surface area contributed by atoms with Crippen LogP contribution in [0.4, 0.5) is 10.1 Å². The maximum Gasteiger partial charge on any atom is 0.123 e. The molecule has 0 radical (unpaired) electrons. The Labute approximate surface area is 65.7 Å². The minimum Gasteiger partial charge on any atom is -0.388 e. The number of halogens is 2. The fraction of sp³-hybridized carbons (Fsp3) is 0.143. The Morgan fingerprint density at radius 3 is 2.10 bits per heavy atom. The van der Waals surface area contributed by atoms with Gasteiger partial charge in [0, 0.05) is 12.7 Å². The van der Waals surface area contributed by atoms with Crippen molar-refractivity contribution in [2.45, 2.75) is 0 Å². The molecule has 0 aliphatic carbocycles. The monoisotopic (exact) mass is 161 g/mol. The predicted molar refractivity (Wildman–Crippen MR) is 43.2 cm³/mol. The lowest BCUT2D eigenvalue weighted by Crippen LogP contribution is -1.86. The lowest BCUT2D eigenvalue weighted by atomic mass is 10.3. The molecule has 3 heteroatoms. The maximum absolute atomic E-state index is 12.2. The van der Waals surface area contributed by atoms with Gasteiger partial charge in [-0.1, -0.05) is 0 Å². The molecule has 0 unspecified atom stereocenters. The third-order valence-corrected chi connectivity index (χ3v) is 1.13. The van der Waals surface area contributed by atoms with Gasteiger partial charge in [0.15, 0.2) is 0 Å². The third-order valence-electron chi connectivity index (χ3n) is 1.13. The van der Waals surface area contributed by atoms with Crippen LogP contribution < -0.4 is 5.32 Å². The largest absolute Gasteiger partial charge is 0.388 e. The van der Waals surface area contributed by atoms with Crippen LogP contribution >= 0.6 is 12.4 Å². The molecule has 0 heterocycles. The van der Waals surface area contributed by atoms with Crippen LogP contribution in [-0.4, -0.2) is 7.05 Å². The van der Waals surface area contributed by atoms with Gasteiger partial charge in [-0.05, 0) is 24.3 Å². The lowest BCUT2D eigenvalue weighted by molar-refractivity contribution is 0.628. The molecule has 0 atom stereocenters. The standard InChI is InChI=1S/C7H8FN.ClH/c1-9-7-4-2-6(8)3-5-7;/h2-5,9H,1H3;1H. The first-order valence-corrected chi connectivity index (χ1v) is 2.76. The predicted octanol–water partition coefficient (Wildman–Crippen LogP) is 2.29. The topological polar surface area (TPSA) is 12.0 Å². The number of rotatable bonds is 1. The van der Waals surface area contributed by atoms with Crippen molar-refractivity contribution in [2.24, 2.45) is 0 Å². The van der Waals surface area contributed by atoms with Gasteiger partial charge in [-0.15, -0.1) is 12.4 Å². The second kappa shape index (κ2) is 4.12. The molecule has 1 nitrogen and oxygen atoms in total. The van der Waals surface area contributed by atoms with Crippen LogP contribution in [0.25, 0.3) is 0 Å². The second-order valence-electron chi connectivity index (χ2n) is 1.76. The van der Waals surface area contributed by atoms with E-state index in [0.29, 0.717) is 0 Å². The third kappa shape index (κ3) is 2.23. The molecule has 56 valence electrons. The first kappa shape index (κ1) is 9.24. The number of hydrogen-bond acceptors (Lipinski definition) is 1. The van der Waals surface area contributed by atoms with Crippen LogP contribution in [0.15, 0.2) is 24.3 Å². The summed E-state index contributed by atoms with van der Waals surface area (Å²) in [4.78, 5) is 0. The van der Waals surface area contributed by atoms with E-state index in [1.165, 1.54) is 12.1 Å². The smallest absolute Gasteiger partial charge is 0.123 e. The molecule has 0 aliphatic heterocycles. The van der Waals surface area contributed by atoms with E-state index < -0.39 is 0 Å². The molecule has 0 bridgehead atoms. The first-order valence-electron chi connectivity index (χ1n) is 2.76. The van der Waals surface area contributed by atoms with E-state index in [-0.39, 0.29) is 18.2 Å². The first-order chi connectivity index (χ1) is 4.33. The zero-order valence-corrected chi connectivity index (χ0v) is 6.41. The number of hydrogen-bond donors (Lipinski definition) is 1. The van der Waals surface area contributed by atoms with Crippen molar-refractivity contribution in [2.75, 3.05) is 12.4 Å². The summed E-state index contributed by atoms with van der Waals surface area (Å²) in [5.74, 6) is -0.200. The molecule has 0 spiro atoms. The average Bonchev–Trinajstić information content (AvgIpc) is 1.90. The SMILES string of the molecule is CNc1ccc(F)cc1.Cl. The van der Waals surface area contributed by atoms with Crippen molar-refractivity contribution in [3.05, 3.63) is 30.1 Å². The highest BCUT2D eigenvalue weighted by molar-refractivity contribution is 5.85. The van der Waals surface area contributed by atoms with Crippen LogP contribution in [0, 0.1) is 5.82 Å². The summed E-state index contributed by atoms with van der Waals surface area (Å²) in [6, 6.07) is 6.22. The molecule has 1 aromatic rings. The van der Waals surface area contributed by atoms with E-state index in [2.05, 4.69) is 5.32 Å². The van der Waals surface area contributed by atoms with Gasteiger partial charge in [0.1, 0.15) is 5.82 Å². The van der Waals surface area contributed by atoms with Crippen LogP contribution in [0.3, 0.4) is 0 Å². The van der Waals surface area contributed by atoms with Gasteiger partial charge in [0.05, 0.1) is 0 Å². The van der Waals surface area contributed by atoms with E-state index in [1.54, 1.807) is 19.2 Å². The zero-order chi connectivity index (χ0) is 6.69. The van der Waals surface area contributed by atoms with Gasteiger partial charge in [-0.25, -0.2) is 4.39 Å². The molecule has 1 rings (SSSR count). The van der Waals surface area contributed by atoms with Gasteiger partial charge in [-0.3, -0.25) is 0 Å². The highest BCUT2D eigenvalue weighted by Gasteiger charge is 1.86. The molecule has 0 amide bonds. The Hall–Kier alpha value is -0.760. The quantitative estimate of drug-likeness (QED) is 0.667. The van der Waals surface area contributed by atoms with E-state index in [4.69, 9.17) is 0 Å². The van der Waals surface area contributed by atoms with E-state index in [9.17, 15) is 4.39 Å². The fourth-order valence-corrected chi connectivity index (χ4v) is 0.617. The van der Waals surface area contributed by atoms with E-state index in [0.717, 1.165) is 5.69 Å². The molecule has 10 heavy (non-hydrogen) atoms. The van der Waals surface area contributed by atoms with Crippen LogP contribution in [-0.2, 0) is 0 Å². The van der Waals surface area contributed by atoms with Crippen LogP contribution in [0.1, 0.15) is 0 Å². The average molecular weight is 162 g/mol. The van der Waals surface area contributed by atoms with Gasteiger partial charge >= 0.3 is 0 Å². The fourth-order valence-electron chi connectivity index (χ4n) is 0.617. The Kier molecular flexibility index (Phi) is 3.81. The highest BCUT2D eigenvalue weighted by Crippen LogP contribution is 2.05. The molecule has 0 saturated carbocycles. The van der Waals surface area contributed by atoms with Crippen molar-refractivity contribution in [1.29, 1.82) is 0 Å². The highest BCUT2D eigenvalue weighted by atomic mass is 35.5. The van der Waals surface area contributed by atoms with Crippen LogP contribution in [0.5, 0.6) is 0 Å². The molecule has 1 aromatic carbocycles. The van der Waals surface area contributed by atoms with Gasteiger partial charge < -0.3 is 5.32 Å².